The van der Waals surface area contributed by atoms with Crippen LogP contribution in [-0.2, 0) is 25.6 Å². The number of carboxylic acid groups (broad SMARTS) is 1. The second-order valence-corrected chi connectivity index (χ2v) is 6.61. The third-order valence-corrected chi connectivity index (χ3v) is 3.38. The molecule has 1 aliphatic heterocycles. The summed E-state index contributed by atoms with van der Waals surface area (Å²) in [7, 11) is 0. The molecular weight excluding hydrogens is 314 g/mol. The molecule has 7 nitrogen and oxygen atoms in total. The van der Waals surface area contributed by atoms with Crippen molar-refractivity contribution in [3.8, 4) is 0 Å². The fraction of sp³-hybridized carbons (Fsp3) is 0.529. The van der Waals surface area contributed by atoms with Gasteiger partial charge < -0.3 is 24.6 Å². The van der Waals surface area contributed by atoms with Crippen LogP contribution in [-0.4, -0.2) is 47.6 Å². The average Bonchev–Trinajstić information content (AvgIpc) is 2.87. The number of benzene rings is 1. The summed E-state index contributed by atoms with van der Waals surface area (Å²) in [5.74, 6) is -1.12. The number of carboxylic acids is 1. The molecule has 24 heavy (non-hydrogen) atoms. The SMILES string of the molecule is CC(C)(C)OC(=O)N[C@H]1CO[C@@H](C(=O)O)[C@@H]1OCc1ccccc1. The van der Waals surface area contributed by atoms with Gasteiger partial charge in [-0.1, -0.05) is 30.3 Å². The van der Waals surface area contributed by atoms with Crippen LogP contribution in [0.5, 0.6) is 0 Å². The van der Waals surface area contributed by atoms with Gasteiger partial charge >= 0.3 is 12.1 Å². The molecule has 132 valence electrons. The summed E-state index contributed by atoms with van der Waals surface area (Å²) in [6, 6.07) is 8.78. The van der Waals surface area contributed by atoms with Crippen LogP contribution in [0.4, 0.5) is 4.79 Å². The van der Waals surface area contributed by atoms with E-state index >= 15 is 0 Å². The highest BCUT2D eigenvalue weighted by molar-refractivity contribution is 5.74. The van der Waals surface area contributed by atoms with Crippen LogP contribution in [0, 0.1) is 0 Å². The van der Waals surface area contributed by atoms with Crippen molar-refractivity contribution in [1.82, 2.24) is 5.32 Å². The first-order valence-corrected chi connectivity index (χ1v) is 7.76. The standard InChI is InChI=1S/C17H23NO6/c1-17(2,3)24-16(21)18-12-10-23-14(15(19)20)13(12)22-9-11-7-5-4-6-8-11/h4-8,12-14H,9-10H2,1-3H3,(H,18,21)(H,19,20)/t12-,13+,14+/m0/s1. The van der Waals surface area contributed by atoms with Crippen molar-refractivity contribution >= 4 is 12.1 Å². The van der Waals surface area contributed by atoms with Gasteiger partial charge in [0.25, 0.3) is 0 Å². The lowest BCUT2D eigenvalue weighted by Crippen LogP contribution is -2.48. The third-order valence-electron chi connectivity index (χ3n) is 3.38. The highest BCUT2D eigenvalue weighted by atomic mass is 16.6. The minimum absolute atomic E-state index is 0.0513. The molecule has 0 aliphatic carbocycles. The van der Waals surface area contributed by atoms with Crippen LogP contribution < -0.4 is 5.32 Å². The predicted molar refractivity (Wildman–Crippen MR) is 85.6 cm³/mol. The maximum Gasteiger partial charge on any atom is 0.408 e. The molecule has 1 amide bonds. The lowest BCUT2D eigenvalue weighted by molar-refractivity contribution is -0.153. The monoisotopic (exact) mass is 337 g/mol. The minimum Gasteiger partial charge on any atom is -0.479 e. The predicted octanol–water partition coefficient (Wildman–Crippen LogP) is 1.95. The first-order valence-electron chi connectivity index (χ1n) is 7.76. The van der Waals surface area contributed by atoms with Crippen molar-refractivity contribution in [2.45, 2.75) is 51.2 Å². The fourth-order valence-electron chi connectivity index (χ4n) is 2.37. The molecule has 0 unspecified atom stereocenters. The molecule has 7 heteroatoms. The molecule has 0 aromatic heterocycles. The van der Waals surface area contributed by atoms with Gasteiger partial charge in [0.05, 0.1) is 19.3 Å². The van der Waals surface area contributed by atoms with E-state index in [0.29, 0.717) is 0 Å². The second-order valence-electron chi connectivity index (χ2n) is 6.61. The molecule has 1 fully saturated rings. The highest BCUT2D eigenvalue weighted by Gasteiger charge is 2.44. The number of ether oxygens (including phenoxy) is 3. The summed E-state index contributed by atoms with van der Waals surface area (Å²) in [5, 5.41) is 11.9. The van der Waals surface area contributed by atoms with Crippen molar-refractivity contribution in [1.29, 1.82) is 0 Å². The molecule has 1 aromatic carbocycles. The van der Waals surface area contributed by atoms with Crippen LogP contribution >= 0.6 is 0 Å². The van der Waals surface area contributed by atoms with Gasteiger partial charge in [0.15, 0.2) is 6.10 Å². The van der Waals surface area contributed by atoms with Crippen molar-refractivity contribution < 1.29 is 28.9 Å². The van der Waals surface area contributed by atoms with Gasteiger partial charge in [0.2, 0.25) is 0 Å². The Morgan fingerprint density at radius 2 is 1.96 bits per heavy atom. The average molecular weight is 337 g/mol. The van der Waals surface area contributed by atoms with E-state index in [1.807, 2.05) is 30.3 Å². The number of hydrogen-bond acceptors (Lipinski definition) is 5. The Hall–Kier alpha value is -2.12. The van der Waals surface area contributed by atoms with E-state index < -0.39 is 35.9 Å². The Kier molecular flexibility index (Phi) is 5.80. The summed E-state index contributed by atoms with van der Waals surface area (Å²) in [6.07, 6.45) is -2.56. The van der Waals surface area contributed by atoms with Gasteiger partial charge in [-0.3, -0.25) is 0 Å². The van der Waals surface area contributed by atoms with E-state index in [9.17, 15) is 14.7 Å². The van der Waals surface area contributed by atoms with Gasteiger partial charge in [-0.25, -0.2) is 9.59 Å². The Morgan fingerprint density at radius 3 is 2.54 bits per heavy atom. The van der Waals surface area contributed by atoms with Crippen LogP contribution in [0.3, 0.4) is 0 Å². The molecule has 1 aromatic rings. The molecule has 1 heterocycles. The maximum atomic E-state index is 11.9. The zero-order valence-corrected chi connectivity index (χ0v) is 14.0. The van der Waals surface area contributed by atoms with Gasteiger partial charge in [0, 0.05) is 0 Å². The molecular formula is C17H23NO6. The topological polar surface area (TPSA) is 94.1 Å². The van der Waals surface area contributed by atoms with Crippen LogP contribution in [0.2, 0.25) is 0 Å². The van der Waals surface area contributed by atoms with E-state index in [2.05, 4.69) is 5.32 Å². The van der Waals surface area contributed by atoms with E-state index in [1.165, 1.54) is 0 Å². The molecule has 0 radical (unpaired) electrons. The summed E-state index contributed by atoms with van der Waals surface area (Å²) in [4.78, 5) is 23.3. The normalized spacial score (nSPS) is 23.7. The molecule has 0 saturated carbocycles. The summed E-state index contributed by atoms with van der Waals surface area (Å²) >= 11 is 0. The highest BCUT2D eigenvalue weighted by Crippen LogP contribution is 2.21. The third kappa shape index (κ3) is 5.21. The zero-order valence-electron chi connectivity index (χ0n) is 14.0. The summed E-state index contributed by atoms with van der Waals surface area (Å²) in [5.41, 5.74) is 0.264. The Balaban J connectivity index is 2.00. The fourth-order valence-corrected chi connectivity index (χ4v) is 2.37. The maximum absolute atomic E-state index is 11.9. The van der Waals surface area contributed by atoms with Gasteiger partial charge in [0.1, 0.15) is 11.7 Å². The molecule has 3 atom stereocenters. The first-order chi connectivity index (χ1) is 11.3. The zero-order chi connectivity index (χ0) is 17.7. The van der Waals surface area contributed by atoms with Crippen LogP contribution in [0.25, 0.3) is 0 Å². The van der Waals surface area contributed by atoms with Crippen molar-refractivity contribution in [2.24, 2.45) is 0 Å². The second kappa shape index (κ2) is 7.63. The van der Waals surface area contributed by atoms with Crippen molar-refractivity contribution in [3.05, 3.63) is 35.9 Å². The number of carbonyl (C=O) groups excluding carboxylic acids is 1. The first kappa shape index (κ1) is 18.2. The number of alkyl carbamates (subject to hydrolysis) is 1. The number of carbonyl (C=O) groups is 2. The van der Waals surface area contributed by atoms with Crippen molar-refractivity contribution in [3.63, 3.8) is 0 Å². The van der Waals surface area contributed by atoms with E-state index in [0.717, 1.165) is 5.56 Å². The van der Waals surface area contributed by atoms with E-state index in [1.54, 1.807) is 20.8 Å². The number of rotatable bonds is 5. The van der Waals surface area contributed by atoms with E-state index in [-0.39, 0.29) is 13.2 Å². The smallest absolute Gasteiger partial charge is 0.408 e. The van der Waals surface area contributed by atoms with Gasteiger partial charge in [-0.15, -0.1) is 0 Å². The Labute approximate surface area is 140 Å². The van der Waals surface area contributed by atoms with Crippen molar-refractivity contribution in [2.75, 3.05) is 6.61 Å². The number of amides is 1. The summed E-state index contributed by atoms with van der Waals surface area (Å²) in [6.45, 7) is 5.53. The van der Waals surface area contributed by atoms with Gasteiger partial charge in [-0.05, 0) is 26.3 Å². The molecule has 1 aliphatic rings. The molecule has 0 spiro atoms. The number of nitrogens with one attached hydrogen (secondary N) is 1. The molecule has 2 rings (SSSR count). The Bertz CT molecular complexity index is 568. The number of aliphatic carboxylic acids is 1. The molecule has 2 N–H and O–H groups in total. The van der Waals surface area contributed by atoms with E-state index in [4.69, 9.17) is 14.2 Å². The van der Waals surface area contributed by atoms with Gasteiger partial charge in [-0.2, -0.15) is 0 Å². The number of hydrogen-bond donors (Lipinski definition) is 2. The minimum atomic E-state index is -1.13. The lowest BCUT2D eigenvalue weighted by atomic mass is 10.1. The summed E-state index contributed by atoms with van der Waals surface area (Å²) < 4.78 is 16.2. The van der Waals surface area contributed by atoms with Crippen LogP contribution in [0.1, 0.15) is 26.3 Å². The molecule has 1 saturated heterocycles. The lowest BCUT2D eigenvalue weighted by Gasteiger charge is -2.25. The largest absolute Gasteiger partial charge is 0.479 e. The Morgan fingerprint density at radius 1 is 1.29 bits per heavy atom. The molecule has 0 bridgehead atoms. The quantitative estimate of drug-likeness (QED) is 0.853. The van der Waals surface area contributed by atoms with Crippen LogP contribution in [0.15, 0.2) is 30.3 Å².